The second kappa shape index (κ2) is 11.0. The van der Waals surface area contributed by atoms with Crippen LogP contribution in [0.15, 0.2) is 115 Å². The summed E-state index contributed by atoms with van der Waals surface area (Å²) in [5, 5.41) is 10.4. The quantitative estimate of drug-likeness (QED) is 0.236. The van der Waals surface area contributed by atoms with Crippen molar-refractivity contribution in [2.75, 3.05) is 0 Å². The Labute approximate surface area is 231 Å². The van der Waals surface area contributed by atoms with Crippen LogP contribution in [-0.4, -0.2) is 33.8 Å². The lowest BCUT2D eigenvalue weighted by Crippen LogP contribution is -2.49. The predicted molar refractivity (Wildman–Crippen MR) is 162 cm³/mol. The third-order valence-electron chi connectivity index (χ3n) is 7.37. The zero-order valence-electron chi connectivity index (χ0n) is 22.9. The van der Waals surface area contributed by atoms with E-state index in [-0.39, 0.29) is 0 Å². The Morgan fingerprint density at radius 3 is 1.51 bits per heavy atom. The third kappa shape index (κ3) is 6.17. The summed E-state index contributed by atoms with van der Waals surface area (Å²) in [6, 6.07) is 39.2. The van der Waals surface area contributed by atoms with E-state index in [0.29, 0.717) is 13.3 Å². The third-order valence-corrected chi connectivity index (χ3v) is 7.37. The van der Waals surface area contributed by atoms with Gasteiger partial charge in [-0.15, -0.1) is 0 Å². The van der Waals surface area contributed by atoms with Crippen molar-refractivity contribution in [3.05, 3.63) is 115 Å². The molecule has 39 heavy (non-hydrogen) atoms. The van der Waals surface area contributed by atoms with Crippen molar-refractivity contribution in [1.82, 2.24) is 9.97 Å². The normalized spacial score (nSPS) is 11.8. The zero-order valence-corrected chi connectivity index (χ0v) is 22.9. The minimum Gasteiger partial charge on any atom is -0.427 e. The van der Waals surface area contributed by atoms with Gasteiger partial charge in [0.25, 0.3) is 0 Å². The average molecular weight is 512 g/mol. The van der Waals surface area contributed by atoms with Gasteiger partial charge in [0.1, 0.15) is 0 Å². The summed E-state index contributed by atoms with van der Waals surface area (Å²) in [6.45, 7) is 7.34. The molecule has 4 aromatic carbocycles. The first kappa shape index (κ1) is 26.5. The summed E-state index contributed by atoms with van der Waals surface area (Å²) in [4.78, 5) is 9.88. The van der Waals surface area contributed by atoms with Crippen molar-refractivity contribution in [2.24, 2.45) is 0 Å². The standard InChI is InChI=1S/C34H33BN2O2/c1-33(2,38)34(3,4)39-35-29-21-19-27(20-22-29)31-23-30(36-32(37-31)28-13-9-6-10-14-28)26-17-15-25(16-18-26)24-11-7-5-8-12-24/h5-23,35,38H,1-4H3. The molecule has 0 radical (unpaired) electrons. The molecule has 0 spiro atoms. The number of rotatable bonds is 8. The van der Waals surface area contributed by atoms with Crippen LogP contribution in [0.3, 0.4) is 0 Å². The molecule has 0 saturated carbocycles. The van der Waals surface area contributed by atoms with Gasteiger partial charge in [0.15, 0.2) is 5.82 Å². The van der Waals surface area contributed by atoms with Gasteiger partial charge < -0.3 is 9.76 Å². The predicted octanol–water partition coefficient (Wildman–Crippen LogP) is 6.69. The van der Waals surface area contributed by atoms with E-state index < -0.39 is 11.2 Å². The lowest BCUT2D eigenvalue weighted by Gasteiger charge is -2.37. The molecule has 0 aliphatic rings. The van der Waals surface area contributed by atoms with Gasteiger partial charge in [-0.25, -0.2) is 9.97 Å². The fourth-order valence-corrected chi connectivity index (χ4v) is 4.14. The van der Waals surface area contributed by atoms with E-state index in [1.807, 2.05) is 56.3 Å². The molecule has 5 rings (SSSR count). The van der Waals surface area contributed by atoms with E-state index in [1.165, 1.54) is 11.1 Å². The van der Waals surface area contributed by atoms with Gasteiger partial charge in [0.2, 0.25) is 0 Å². The second-order valence-electron chi connectivity index (χ2n) is 10.8. The van der Waals surface area contributed by atoms with Crippen molar-refractivity contribution < 1.29 is 9.76 Å². The number of aromatic nitrogens is 2. The molecule has 0 atom stereocenters. The molecule has 194 valence electrons. The van der Waals surface area contributed by atoms with Gasteiger partial charge in [-0.05, 0) is 44.9 Å². The van der Waals surface area contributed by atoms with E-state index >= 15 is 0 Å². The minimum atomic E-state index is -0.947. The number of aliphatic hydroxyl groups is 1. The Morgan fingerprint density at radius 2 is 1.00 bits per heavy atom. The molecule has 0 unspecified atom stereocenters. The smallest absolute Gasteiger partial charge is 0.309 e. The molecular weight excluding hydrogens is 479 g/mol. The SMILES string of the molecule is CC(C)(O)C(C)(C)OBc1ccc(-c2cc(-c3ccc(-c4ccccc4)cc3)nc(-c3ccccc3)n2)cc1. The molecule has 1 N–H and O–H groups in total. The fourth-order valence-electron chi connectivity index (χ4n) is 4.14. The summed E-state index contributed by atoms with van der Waals surface area (Å²) in [5.41, 5.74) is 6.51. The second-order valence-corrected chi connectivity index (χ2v) is 10.8. The average Bonchev–Trinajstić information content (AvgIpc) is 2.96. The fraction of sp³-hybridized carbons (Fsp3) is 0.176. The molecule has 0 aliphatic heterocycles. The molecular formula is C34H33BN2O2. The molecule has 5 heteroatoms. The van der Waals surface area contributed by atoms with Crippen LogP contribution in [0.1, 0.15) is 27.7 Å². The van der Waals surface area contributed by atoms with Crippen LogP contribution >= 0.6 is 0 Å². The largest absolute Gasteiger partial charge is 0.427 e. The molecule has 0 saturated heterocycles. The Balaban J connectivity index is 1.47. The summed E-state index contributed by atoms with van der Waals surface area (Å²) >= 11 is 0. The van der Waals surface area contributed by atoms with Gasteiger partial charge in [0, 0.05) is 16.7 Å². The Hall–Kier alpha value is -4.06. The lowest BCUT2D eigenvalue weighted by molar-refractivity contribution is -0.0893. The van der Waals surface area contributed by atoms with Crippen LogP contribution in [0.5, 0.6) is 0 Å². The van der Waals surface area contributed by atoms with Gasteiger partial charge in [0.05, 0.1) is 22.6 Å². The maximum atomic E-state index is 10.4. The topological polar surface area (TPSA) is 55.2 Å². The first-order valence-corrected chi connectivity index (χ1v) is 13.3. The first-order chi connectivity index (χ1) is 18.7. The minimum absolute atomic E-state index is 0.412. The molecule has 0 amide bonds. The molecule has 4 nitrogen and oxygen atoms in total. The summed E-state index contributed by atoms with van der Waals surface area (Å²) in [6.07, 6.45) is 0. The highest BCUT2D eigenvalue weighted by Gasteiger charge is 2.35. The molecule has 5 aromatic rings. The van der Waals surface area contributed by atoms with Crippen LogP contribution < -0.4 is 5.46 Å². The Morgan fingerprint density at radius 1 is 0.564 bits per heavy atom. The molecule has 1 aromatic heterocycles. The Bertz CT molecular complexity index is 1530. The summed E-state index contributed by atoms with van der Waals surface area (Å²) in [7, 11) is 0.412. The highest BCUT2D eigenvalue weighted by Crippen LogP contribution is 2.29. The number of hydrogen-bond acceptors (Lipinski definition) is 4. The summed E-state index contributed by atoms with van der Waals surface area (Å²) in [5.74, 6) is 0.689. The van der Waals surface area contributed by atoms with Crippen molar-refractivity contribution in [3.8, 4) is 45.0 Å². The van der Waals surface area contributed by atoms with Crippen LogP contribution in [0.25, 0.3) is 45.0 Å². The lowest BCUT2D eigenvalue weighted by atomic mass is 9.82. The van der Waals surface area contributed by atoms with Gasteiger partial charge >= 0.3 is 7.48 Å². The van der Waals surface area contributed by atoms with Crippen molar-refractivity contribution in [1.29, 1.82) is 0 Å². The zero-order chi connectivity index (χ0) is 27.5. The van der Waals surface area contributed by atoms with Gasteiger partial charge in [-0.1, -0.05) is 115 Å². The van der Waals surface area contributed by atoms with Crippen molar-refractivity contribution in [3.63, 3.8) is 0 Å². The number of hydrogen-bond donors (Lipinski definition) is 1. The van der Waals surface area contributed by atoms with Gasteiger partial charge in [-0.2, -0.15) is 0 Å². The van der Waals surface area contributed by atoms with Crippen molar-refractivity contribution >= 4 is 12.9 Å². The van der Waals surface area contributed by atoms with Crippen LogP contribution in [0.2, 0.25) is 0 Å². The molecule has 0 fully saturated rings. The van der Waals surface area contributed by atoms with E-state index in [0.717, 1.165) is 33.5 Å². The molecule has 0 aliphatic carbocycles. The van der Waals surface area contributed by atoms with E-state index in [2.05, 4.69) is 72.8 Å². The van der Waals surface area contributed by atoms with E-state index in [9.17, 15) is 5.11 Å². The highest BCUT2D eigenvalue weighted by molar-refractivity contribution is 6.47. The monoisotopic (exact) mass is 512 g/mol. The van der Waals surface area contributed by atoms with Gasteiger partial charge in [-0.3, -0.25) is 0 Å². The Kier molecular flexibility index (Phi) is 7.47. The molecule has 1 heterocycles. The van der Waals surface area contributed by atoms with Crippen LogP contribution in [0, 0.1) is 0 Å². The van der Waals surface area contributed by atoms with Crippen LogP contribution in [-0.2, 0) is 4.65 Å². The highest BCUT2D eigenvalue weighted by atomic mass is 16.5. The maximum absolute atomic E-state index is 10.4. The number of nitrogens with zero attached hydrogens (tertiary/aromatic N) is 2. The first-order valence-electron chi connectivity index (χ1n) is 13.3. The van der Waals surface area contributed by atoms with Crippen LogP contribution in [0.4, 0.5) is 0 Å². The maximum Gasteiger partial charge on any atom is 0.309 e. The van der Waals surface area contributed by atoms with Crippen molar-refractivity contribution in [2.45, 2.75) is 38.9 Å². The molecule has 0 bridgehead atoms. The van der Waals surface area contributed by atoms with E-state index in [1.54, 1.807) is 13.8 Å². The number of benzene rings is 4. The van der Waals surface area contributed by atoms with E-state index in [4.69, 9.17) is 14.6 Å². The summed E-state index contributed by atoms with van der Waals surface area (Å²) < 4.78 is 6.05.